The number of furan rings is 1. The number of fused-ring (bicyclic) bond motifs is 1. The molecule has 0 saturated heterocycles. The standard InChI is InChI=1S/C30H35N5O3/c1-30(2,3)31-29(37)28(26-14-9-19-38-26)35(23-17-15-22(16-18-23)21-10-5-4-6-11-21)27(36)20-34-25-13-8-7-12-24(25)32-33-34/h7-9,12-19,21,28H,4-6,10-11,20H2,1-3H3,(H,31,37). The zero-order chi connectivity index (χ0) is 26.7. The lowest BCUT2D eigenvalue weighted by molar-refractivity contribution is -0.128. The number of aromatic nitrogens is 3. The second-order valence-electron chi connectivity index (χ2n) is 11.1. The SMILES string of the molecule is CC(C)(C)NC(=O)C(c1ccco1)N(C(=O)Cn1nnc2ccccc21)c1ccc(C2CCCCC2)cc1. The van der Waals surface area contributed by atoms with E-state index in [1.54, 1.807) is 16.8 Å². The molecule has 2 aromatic carbocycles. The molecule has 1 N–H and O–H groups in total. The van der Waals surface area contributed by atoms with E-state index in [4.69, 9.17) is 4.42 Å². The largest absolute Gasteiger partial charge is 0.467 e. The van der Waals surface area contributed by atoms with Crippen LogP contribution in [0, 0.1) is 0 Å². The third-order valence-electron chi connectivity index (χ3n) is 7.04. The minimum absolute atomic E-state index is 0.0785. The topological polar surface area (TPSA) is 93.3 Å². The number of carbonyl (C=O) groups excluding carboxylic acids is 2. The summed E-state index contributed by atoms with van der Waals surface area (Å²) in [4.78, 5) is 29.3. The highest BCUT2D eigenvalue weighted by atomic mass is 16.3. The van der Waals surface area contributed by atoms with Gasteiger partial charge in [-0.3, -0.25) is 14.5 Å². The number of benzene rings is 2. The van der Waals surface area contributed by atoms with Gasteiger partial charge in [-0.1, -0.05) is 48.7 Å². The van der Waals surface area contributed by atoms with Crippen molar-refractivity contribution in [1.82, 2.24) is 20.3 Å². The molecule has 38 heavy (non-hydrogen) atoms. The Hall–Kier alpha value is -3.94. The molecule has 0 bridgehead atoms. The first kappa shape index (κ1) is 25.7. The normalized spacial score (nSPS) is 15.3. The van der Waals surface area contributed by atoms with Gasteiger partial charge in [0.15, 0.2) is 6.04 Å². The van der Waals surface area contributed by atoms with E-state index < -0.39 is 11.6 Å². The van der Waals surface area contributed by atoms with Crippen LogP contribution in [0.15, 0.2) is 71.3 Å². The van der Waals surface area contributed by atoms with Gasteiger partial charge in [-0.25, -0.2) is 4.68 Å². The summed E-state index contributed by atoms with van der Waals surface area (Å²) in [6, 6.07) is 18.0. The summed E-state index contributed by atoms with van der Waals surface area (Å²) in [6.45, 7) is 5.66. The third kappa shape index (κ3) is 5.64. The first-order chi connectivity index (χ1) is 18.3. The smallest absolute Gasteiger partial charge is 0.251 e. The summed E-state index contributed by atoms with van der Waals surface area (Å²) < 4.78 is 7.29. The highest BCUT2D eigenvalue weighted by Gasteiger charge is 2.36. The molecular weight excluding hydrogens is 478 g/mol. The Bertz CT molecular complexity index is 1380. The molecule has 1 aliphatic carbocycles. The predicted octanol–water partition coefficient (Wildman–Crippen LogP) is 5.76. The predicted molar refractivity (Wildman–Crippen MR) is 147 cm³/mol. The van der Waals surface area contributed by atoms with Crippen LogP contribution >= 0.6 is 0 Å². The van der Waals surface area contributed by atoms with Gasteiger partial charge in [0.2, 0.25) is 5.91 Å². The van der Waals surface area contributed by atoms with Gasteiger partial charge in [0, 0.05) is 11.2 Å². The molecule has 0 spiro atoms. The fraction of sp³-hybridized carbons (Fsp3) is 0.400. The molecule has 4 aromatic rings. The lowest BCUT2D eigenvalue weighted by atomic mass is 9.84. The van der Waals surface area contributed by atoms with Crippen LogP contribution < -0.4 is 10.2 Å². The highest BCUT2D eigenvalue weighted by molar-refractivity contribution is 6.01. The summed E-state index contributed by atoms with van der Waals surface area (Å²) in [5, 5.41) is 11.4. The number of rotatable bonds is 7. The molecule has 1 saturated carbocycles. The van der Waals surface area contributed by atoms with E-state index in [1.165, 1.54) is 48.8 Å². The van der Waals surface area contributed by atoms with E-state index in [2.05, 4.69) is 27.8 Å². The summed E-state index contributed by atoms with van der Waals surface area (Å²) in [7, 11) is 0. The Morgan fingerprint density at radius 2 is 1.76 bits per heavy atom. The van der Waals surface area contributed by atoms with Crippen LogP contribution in [0.1, 0.15) is 76.2 Å². The molecule has 0 radical (unpaired) electrons. The summed E-state index contributed by atoms with van der Waals surface area (Å²) in [5.74, 6) is 0.311. The first-order valence-corrected chi connectivity index (χ1v) is 13.4. The van der Waals surface area contributed by atoms with Crippen LogP contribution in [0.3, 0.4) is 0 Å². The van der Waals surface area contributed by atoms with E-state index in [0.29, 0.717) is 22.9 Å². The van der Waals surface area contributed by atoms with Crippen molar-refractivity contribution in [3.05, 3.63) is 78.3 Å². The van der Waals surface area contributed by atoms with Gasteiger partial charge in [-0.05, 0) is 81.5 Å². The van der Waals surface area contributed by atoms with Crippen molar-refractivity contribution in [3.63, 3.8) is 0 Å². The van der Waals surface area contributed by atoms with Crippen molar-refractivity contribution in [2.45, 2.75) is 76.9 Å². The molecule has 8 nitrogen and oxygen atoms in total. The zero-order valence-corrected chi connectivity index (χ0v) is 22.3. The van der Waals surface area contributed by atoms with Crippen LogP contribution in [0.5, 0.6) is 0 Å². The van der Waals surface area contributed by atoms with E-state index in [0.717, 1.165) is 5.52 Å². The van der Waals surface area contributed by atoms with Crippen LogP contribution in [0.2, 0.25) is 0 Å². The first-order valence-electron chi connectivity index (χ1n) is 13.4. The molecule has 1 unspecified atom stereocenters. The van der Waals surface area contributed by atoms with Gasteiger partial charge in [-0.2, -0.15) is 0 Å². The molecule has 0 aliphatic heterocycles. The summed E-state index contributed by atoms with van der Waals surface area (Å²) >= 11 is 0. The Balaban J connectivity index is 1.54. The van der Waals surface area contributed by atoms with Gasteiger partial charge in [0.1, 0.15) is 17.8 Å². The van der Waals surface area contributed by atoms with E-state index in [1.807, 2.05) is 57.2 Å². The maximum absolute atomic E-state index is 14.1. The van der Waals surface area contributed by atoms with Crippen molar-refractivity contribution in [2.24, 2.45) is 0 Å². The van der Waals surface area contributed by atoms with Crippen molar-refractivity contribution in [3.8, 4) is 0 Å². The van der Waals surface area contributed by atoms with E-state index >= 15 is 0 Å². The zero-order valence-electron chi connectivity index (χ0n) is 22.3. The van der Waals surface area contributed by atoms with Gasteiger partial charge >= 0.3 is 0 Å². The van der Waals surface area contributed by atoms with Crippen LogP contribution in [0.25, 0.3) is 11.0 Å². The van der Waals surface area contributed by atoms with Gasteiger partial charge in [0.25, 0.3) is 5.91 Å². The molecular formula is C30H35N5O3. The van der Waals surface area contributed by atoms with Crippen molar-refractivity contribution in [2.75, 3.05) is 4.90 Å². The number of anilines is 1. The van der Waals surface area contributed by atoms with Crippen molar-refractivity contribution >= 4 is 28.5 Å². The van der Waals surface area contributed by atoms with Crippen LogP contribution in [0.4, 0.5) is 5.69 Å². The van der Waals surface area contributed by atoms with E-state index in [9.17, 15) is 9.59 Å². The number of amides is 2. The Kier molecular flexibility index (Phi) is 7.31. The second-order valence-corrected chi connectivity index (χ2v) is 11.1. The van der Waals surface area contributed by atoms with Gasteiger partial charge < -0.3 is 9.73 Å². The fourth-order valence-electron chi connectivity index (χ4n) is 5.28. The number of para-hydroxylation sites is 1. The second kappa shape index (κ2) is 10.8. The van der Waals surface area contributed by atoms with Crippen LogP contribution in [-0.2, 0) is 16.1 Å². The number of hydrogen-bond acceptors (Lipinski definition) is 5. The highest BCUT2D eigenvalue weighted by Crippen LogP contribution is 2.35. The molecule has 8 heteroatoms. The van der Waals surface area contributed by atoms with Crippen LogP contribution in [-0.4, -0.2) is 32.3 Å². The molecule has 1 atom stereocenters. The molecule has 2 heterocycles. The monoisotopic (exact) mass is 513 g/mol. The maximum Gasteiger partial charge on any atom is 0.251 e. The lowest BCUT2D eigenvalue weighted by Gasteiger charge is -2.32. The van der Waals surface area contributed by atoms with E-state index in [-0.39, 0.29) is 18.4 Å². The number of nitrogens with zero attached hydrogens (tertiary/aromatic N) is 4. The van der Waals surface area contributed by atoms with Gasteiger partial charge in [0.05, 0.1) is 11.8 Å². The Morgan fingerprint density at radius 1 is 1.03 bits per heavy atom. The number of nitrogens with one attached hydrogen (secondary N) is 1. The molecule has 198 valence electrons. The average molecular weight is 514 g/mol. The number of hydrogen-bond donors (Lipinski definition) is 1. The summed E-state index contributed by atoms with van der Waals surface area (Å²) in [6.07, 6.45) is 7.68. The minimum atomic E-state index is -0.993. The molecule has 2 amide bonds. The van der Waals surface area contributed by atoms with Gasteiger partial charge in [-0.15, -0.1) is 5.10 Å². The molecule has 1 fully saturated rings. The lowest BCUT2D eigenvalue weighted by Crippen LogP contribution is -2.50. The Labute approximate surface area is 223 Å². The Morgan fingerprint density at radius 3 is 2.45 bits per heavy atom. The average Bonchev–Trinajstić information content (AvgIpc) is 3.57. The molecule has 5 rings (SSSR count). The molecule has 2 aromatic heterocycles. The minimum Gasteiger partial charge on any atom is -0.467 e. The summed E-state index contributed by atoms with van der Waals surface area (Å²) in [5.41, 5.74) is 2.86. The molecule has 1 aliphatic rings. The van der Waals surface area contributed by atoms with Crippen molar-refractivity contribution in [1.29, 1.82) is 0 Å². The maximum atomic E-state index is 14.1. The third-order valence-corrected chi connectivity index (χ3v) is 7.04. The fourth-order valence-corrected chi connectivity index (χ4v) is 5.28. The quantitative estimate of drug-likeness (QED) is 0.339. The van der Waals surface area contributed by atoms with Crippen molar-refractivity contribution < 1.29 is 14.0 Å². The number of carbonyl (C=O) groups is 2.